The van der Waals surface area contributed by atoms with Crippen LogP contribution < -0.4 is 11.1 Å². The molecule has 0 spiro atoms. The highest BCUT2D eigenvalue weighted by Gasteiger charge is 2.31. The van der Waals surface area contributed by atoms with E-state index in [4.69, 9.17) is 5.73 Å². The fraction of sp³-hybridized carbons (Fsp3) is 0.545. The van der Waals surface area contributed by atoms with Gasteiger partial charge in [0.05, 0.1) is 6.54 Å². The van der Waals surface area contributed by atoms with Crippen molar-refractivity contribution in [1.82, 2.24) is 5.32 Å². The monoisotopic (exact) mass is 224 g/mol. The maximum Gasteiger partial charge on any atom is 0.223 e. The number of nitrogens with one attached hydrogen (secondary N) is 1. The molecule has 0 bridgehead atoms. The van der Waals surface area contributed by atoms with Gasteiger partial charge in [0, 0.05) is 16.8 Å². The van der Waals surface area contributed by atoms with Crippen LogP contribution in [0.5, 0.6) is 0 Å². The lowest BCUT2D eigenvalue weighted by Gasteiger charge is -2.31. The van der Waals surface area contributed by atoms with E-state index < -0.39 is 0 Å². The Morgan fingerprint density at radius 3 is 2.93 bits per heavy atom. The number of hydrogen-bond acceptors (Lipinski definition) is 3. The fourth-order valence-corrected chi connectivity index (χ4v) is 2.62. The van der Waals surface area contributed by atoms with Gasteiger partial charge in [0.2, 0.25) is 5.91 Å². The Bertz CT molecular complexity index is 355. The summed E-state index contributed by atoms with van der Waals surface area (Å²) >= 11 is 1.69. The van der Waals surface area contributed by atoms with Gasteiger partial charge in [-0.3, -0.25) is 4.79 Å². The molecule has 1 aliphatic rings. The average Bonchev–Trinajstić information content (AvgIpc) is 2.55. The lowest BCUT2D eigenvalue weighted by molar-refractivity contribution is -0.128. The lowest BCUT2D eigenvalue weighted by atomic mass is 9.80. The number of aryl methyl sites for hydroxylation is 1. The van der Waals surface area contributed by atoms with Crippen LogP contribution in [-0.2, 0) is 11.3 Å². The number of amides is 1. The first-order valence-electron chi connectivity index (χ1n) is 5.23. The van der Waals surface area contributed by atoms with E-state index in [1.54, 1.807) is 11.3 Å². The van der Waals surface area contributed by atoms with Crippen LogP contribution in [0, 0.1) is 12.8 Å². The van der Waals surface area contributed by atoms with Crippen LogP contribution in [0.2, 0.25) is 0 Å². The van der Waals surface area contributed by atoms with Gasteiger partial charge in [-0.2, -0.15) is 0 Å². The van der Waals surface area contributed by atoms with Crippen LogP contribution in [0.4, 0.5) is 0 Å². The van der Waals surface area contributed by atoms with Crippen molar-refractivity contribution < 1.29 is 4.79 Å². The summed E-state index contributed by atoms with van der Waals surface area (Å²) in [5.41, 5.74) is 6.90. The van der Waals surface area contributed by atoms with E-state index in [0.29, 0.717) is 6.54 Å². The molecule has 0 atom stereocenters. The van der Waals surface area contributed by atoms with Crippen LogP contribution >= 0.6 is 11.3 Å². The summed E-state index contributed by atoms with van der Waals surface area (Å²) < 4.78 is 0. The van der Waals surface area contributed by atoms with Crippen molar-refractivity contribution in [3.8, 4) is 0 Å². The summed E-state index contributed by atoms with van der Waals surface area (Å²) in [5, 5.41) is 5.02. The Morgan fingerprint density at radius 2 is 2.40 bits per heavy atom. The zero-order chi connectivity index (χ0) is 10.8. The molecule has 1 aliphatic carbocycles. The first-order chi connectivity index (χ1) is 7.16. The van der Waals surface area contributed by atoms with E-state index in [9.17, 15) is 4.79 Å². The van der Waals surface area contributed by atoms with Crippen LogP contribution in [-0.4, -0.2) is 11.9 Å². The summed E-state index contributed by atoms with van der Waals surface area (Å²) in [6.07, 6.45) is 1.69. The molecular formula is C11H16N2OS. The summed E-state index contributed by atoms with van der Waals surface area (Å²) in [4.78, 5) is 12.9. The standard InChI is InChI=1S/C11H16N2OS/c1-7-2-3-15-10(7)6-13-11(14)8-4-9(12)5-8/h2-3,8-9H,4-6,12H2,1H3,(H,13,14). The Labute approximate surface area is 93.7 Å². The molecule has 82 valence electrons. The van der Waals surface area contributed by atoms with Gasteiger partial charge in [-0.15, -0.1) is 11.3 Å². The van der Waals surface area contributed by atoms with Crippen LogP contribution in [0.25, 0.3) is 0 Å². The lowest BCUT2D eigenvalue weighted by Crippen LogP contribution is -2.44. The van der Waals surface area contributed by atoms with Crippen LogP contribution in [0.1, 0.15) is 23.3 Å². The number of nitrogens with two attached hydrogens (primary N) is 1. The summed E-state index contributed by atoms with van der Waals surface area (Å²) in [6.45, 7) is 2.73. The smallest absolute Gasteiger partial charge is 0.223 e. The Hall–Kier alpha value is -0.870. The van der Waals surface area contributed by atoms with E-state index in [1.165, 1.54) is 10.4 Å². The number of hydrogen-bond donors (Lipinski definition) is 2. The van der Waals surface area contributed by atoms with Crippen molar-refractivity contribution in [2.45, 2.75) is 32.4 Å². The van der Waals surface area contributed by atoms with Gasteiger partial charge in [0.15, 0.2) is 0 Å². The van der Waals surface area contributed by atoms with Crippen LogP contribution in [0.15, 0.2) is 11.4 Å². The Kier molecular flexibility index (Phi) is 3.07. The molecule has 1 aromatic rings. The van der Waals surface area contributed by atoms with Crippen LogP contribution in [0.3, 0.4) is 0 Å². The van der Waals surface area contributed by atoms with Crippen molar-refractivity contribution in [3.05, 3.63) is 21.9 Å². The average molecular weight is 224 g/mol. The molecule has 0 radical (unpaired) electrons. The second kappa shape index (κ2) is 4.33. The highest BCUT2D eigenvalue weighted by atomic mass is 32.1. The second-order valence-electron chi connectivity index (χ2n) is 4.17. The molecule has 3 N–H and O–H groups in total. The molecule has 1 aromatic heterocycles. The molecule has 1 fully saturated rings. The molecule has 1 amide bonds. The molecule has 15 heavy (non-hydrogen) atoms. The van der Waals surface area contributed by atoms with Gasteiger partial charge in [0.25, 0.3) is 0 Å². The molecule has 3 nitrogen and oxygen atoms in total. The number of carbonyl (C=O) groups excluding carboxylic acids is 1. The first-order valence-corrected chi connectivity index (χ1v) is 6.11. The third-order valence-corrected chi connectivity index (χ3v) is 3.96. The van der Waals surface area contributed by atoms with E-state index >= 15 is 0 Å². The minimum Gasteiger partial charge on any atom is -0.351 e. The van der Waals surface area contributed by atoms with Gasteiger partial charge < -0.3 is 11.1 Å². The number of rotatable bonds is 3. The first kappa shape index (κ1) is 10.6. The van der Waals surface area contributed by atoms with Crippen molar-refractivity contribution in [2.75, 3.05) is 0 Å². The predicted molar refractivity (Wildman–Crippen MR) is 61.6 cm³/mol. The number of carbonyl (C=O) groups is 1. The zero-order valence-corrected chi connectivity index (χ0v) is 9.64. The third-order valence-electron chi connectivity index (χ3n) is 2.94. The van der Waals surface area contributed by atoms with Crippen molar-refractivity contribution in [3.63, 3.8) is 0 Å². The molecule has 1 saturated carbocycles. The highest BCUT2D eigenvalue weighted by Crippen LogP contribution is 2.25. The third kappa shape index (κ3) is 2.38. The van der Waals surface area contributed by atoms with Crippen molar-refractivity contribution >= 4 is 17.2 Å². The largest absolute Gasteiger partial charge is 0.351 e. The minimum atomic E-state index is 0.153. The quantitative estimate of drug-likeness (QED) is 0.815. The van der Waals surface area contributed by atoms with Crippen molar-refractivity contribution in [2.24, 2.45) is 11.7 Å². The van der Waals surface area contributed by atoms with Gasteiger partial charge in [-0.1, -0.05) is 0 Å². The molecule has 0 aromatic carbocycles. The molecule has 0 unspecified atom stereocenters. The normalized spacial score (nSPS) is 24.7. The molecule has 0 saturated heterocycles. The molecule has 0 aliphatic heterocycles. The van der Waals surface area contributed by atoms with Gasteiger partial charge >= 0.3 is 0 Å². The van der Waals surface area contributed by atoms with E-state index in [0.717, 1.165) is 12.8 Å². The van der Waals surface area contributed by atoms with E-state index in [1.807, 2.05) is 0 Å². The fourth-order valence-electron chi connectivity index (χ4n) is 1.77. The second-order valence-corrected chi connectivity index (χ2v) is 5.17. The van der Waals surface area contributed by atoms with Gasteiger partial charge in [-0.25, -0.2) is 0 Å². The number of thiophene rings is 1. The van der Waals surface area contributed by atoms with E-state index in [2.05, 4.69) is 23.7 Å². The summed E-state index contributed by atoms with van der Waals surface area (Å²) in [6, 6.07) is 2.31. The molecule has 1 heterocycles. The Balaban J connectivity index is 1.79. The van der Waals surface area contributed by atoms with Crippen molar-refractivity contribution in [1.29, 1.82) is 0 Å². The Morgan fingerprint density at radius 1 is 1.67 bits per heavy atom. The molecule has 2 rings (SSSR count). The zero-order valence-electron chi connectivity index (χ0n) is 8.82. The molecule has 4 heteroatoms. The topological polar surface area (TPSA) is 55.1 Å². The maximum atomic E-state index is 11.6. The van der Waals surface area contributed by atoms with Gasteiger partial charge in [0.1, 0.15) is 0 Å². The van der Waals surface area contributed by atoms with Gasteiger partial charge in [-0.05, 0) is 36.8 Å². The highest BCUT2D eigenvalue weighted by molar-refractivity contribution is 7.10. The van der Waals surface area contributed by atoms with E-state index in [-0.39, 0.29) is 17.9 Å². The minimum absolute atomic E-state index is 0.153. The predicted octanol–water partition coefficient (Wildman–Crippen LogP) is 1.41. The summed E-state index contributed by atoms with van der Waals surface area (Å²) in [7, 11) is 0. The maximum absolute atomic E-state index is 11.6. The molecular weight excluding hydrogens is 208 g/mol. The SMILES string of the molecule is Cc1ccsc1CNC(=O)C1CC(N)C1. The summed E-state index contributed by atoms with van der Waals surface area (Å²) in [5.74, 6) is 0.310.